The van der Waals surface area contributed by atoms with Crippen LogP contribution >= 0.6 is 11.3 Å². The molecule has 1 unspecified atom stereocenters. The smallest absolute Gasteiger partial charge is 0.266 e. The molecule has 2 N–H and O–H groups in total. The molecule has 0 aliphatic carbocycles. The van der Waals surface area contributed by atoms with Gasteiger partial charge in [0.25, 0.3) is 5.91 Å². The summed E-state index contributed by atoms with van der Waals surface area (Å²) in [4.78, 5) is 19.2. The van der Waals surface area contributed by atoms with E-state index in [0.29, 0.717) is 15.7 Å². The third-order valence-corrected chi connectivity index (χ3v) is 4.47. The van der Waals surface area contributed by atoms with Crippen molar-refractivity contribution in [3.63, 3.8) is 0 Å². The van der Waals surface area contributed by atoms with E-state index in [4.69, 9.17) is 10.3 Å². The van der Waals surface area contributed by atoms with Crippen molar-refractivity contribution in [2.75, 3.05) is 12.3 Å². The molecule has 1 aliphatic heterocycles. The summed E-state index contributed by atoms with van der Waals surface area (Å²) in [7, 11) is 0. The van der Waals surface area contributed by atoms with Crippen molar-refractivity contribution in [3.05, 3.63) is 28.1 Å². The van der Waals surface area contributed by atoms with Crippen molar-refractivity contribution in [2.45, 2.75) is 32.7 Å². The zero-order valence-corrected chi connectivity index (χ0v) is 12.2. The van der Waals surface area contributed by atoms with Crippen molar-refractivity contribution >= 4 is 22.4 Å². The molecule has 2 aromatic heterocycles. The molecule has 3 heterocycles. The summed E-state index contributed by atoms with van der Waals surface area (Å²) in [6, 6.07) is 1.86. The molecule has 0 saturated carbocycles. The highest BCUT2D eigenvalue weighted by molar-refractivity contribution is 7.17. The molecule has 1 saturated heterocycles. The van der Waals surface area contributed by atoms with Crippen LogP contribution in [0, 0.1) is 13.8 Å². The Morgan fingerprint density at radius 2 is 2.35 bits per heavy atom. The normalized spacial score (nSPS) is 18.7. The molecule has 106 valence electrons. The van der Waals surface area contributed by atoms with E-state index in [1.54, 1.807) is 0 Å². The van der Waals surface area contributed by atoms with Gasteiger partial charge < -0.3 is 15.2 Å². The number of rotatable bonds is 2. The van der Waals surface area contributed by atoms with Crippen LogP contribution in [0.4, 0.5) is 5.13 Å². The predicted octanol–water partition coefficient (Wildman–Crippen LogP) is 2.31. The van der Waals surface area contributed by atoms with Crippen LogP contribution in [-0.2, 0) is 0 Å². The molecule has 0 radical (unpaired) electrons. The molecule has 6 nitrogen and oxygen atoms in total. The van der Waals surface area contributed by atoms with Gasteiger partial charge in [-0.05, 0) is 26.7 Å². The number of carbonyl (C=O) groups is 1. The molecule has 1 fully saturated rings. The maximum atomic E-state index is 12.7. The Hall–Kier alpha value is -1.89. The minimum atomic E-state index is -0.0357. The molecule has 20 heavy (non-hydrogen) atoms. The van der Waals surface area contributed by atoms with Gasteiger partial charge in [0, 0.05) is 12.6 Å². The fourth-order valence-electron chi connectivity index (χ4n) is 2.59. The fourth-order valence-corrected chi connectivity index (χ4v) is 3.38. The topological polar surface area (TPSA) is 85.2 Å². The van der Waals surface area contributed by atoms with Crippen molar-refractivity contribution in [1.82, 2.24) is 15.0 Å². The average Bonchev–Trinajstić information content (AvgIpc) is 3.08. The van der Waals surface area contributed by atoms with Crippen LogP contribution in [0.5, 0.6) is 0 Å². The van der Waals surface area contributed by atoms with Crippen LogP contribution in [0.1, 0.15) is 45.7 Å². The minimum absolute atomic E-state index is 0.0201. The van der Waals surface area contributed by atoms with Gasteiger partial charge in [0.2, 0.25) is 0 Å². The molecular formula is C13H16N4O2S. The van der Waals surface area contributed by atoms with Crippen molar-refractivity contribution in [1.29, 1.82) is 0 Å². The molecule has 1 atom stereocenters. The number of nitrogens with zero attached hydrogens (tertiary/aromatic N) is 3. The van der Waals surface area contributed by atoms with E-state index in [1.165, 1.54) is 11.3 Å². The molecular weight excluding hydrogens is 276 g/mol. The van der Waals surface area contributed by atoms with Crippen LogP contribution in [0.15, 0.2) is 10.6 Å². The Morgan fingerprint density at radius 1 is 1.55 bits per heavy atom. The van der Waals surface area contributed by atoms with E-state index >= 15 is 0 Å². The Balaban J connectivity index is 1.89. The number of amides is 1. The molecule has 0 bridgehead atoms. The number of carbonyl (C=O) groups excluding carboxylic acids is 1. The lowest BCUT2D eigenvalue weighted by Gasteiger charge is -2.22. The van der Waals surface area contributed by atoms with Gasteiger partial charge in [-0.1, -0.05) is 16.5 Å². The lowest BCUT2D eigenvalue weighted by Crippen LogP contribution is -2.30. The SMILES string of the molecule is Cc1cc(C2CCCN2C(=O)c2sc(N)nc2C)on1. The summed E-state index contributed by atoms with van der Waals surface area (Å²) >= 11 is 1.24. The molecule has 0 spiro atoms. The van der Waals surface area contributed by atoms with E-state index in [2.05, 4.69) is 10.1 Å². The largest absolute Gasteiger partial charge is 0.375 e. The lowest BCUT2D eigenvalue weighted by atomic mass is 10.1. The van der Waals surface area contributed by atoms with Crippen molar-refractivity contribution < 1.29 is 9.32 Å². The summed E-state index contributed by atoms with van der Waals surface area (Å²) in [5.41, 5.74) is 7.20. The molecule has 0 aromatic carbocycles. The van der Waals surface area contributed by atoms with Crippen LogP contribution in [0.2, 0.25) is 0 Å². The first-order valence-electron chi connectivity index (χ1n) is 6.53. The Morgan fingerprint density at radius 3 is 2.95 bits per heavy atom. The van der Waals surface area contributed by atoms with E-state index in [0.717, 1.165) is 30.8 Å². The molecule has 1 amide bonds. The summed E-state index contributed by atoms with van der Waals surface area (Å²) in [6.07, 6.45) is 1.86. The molecule has 1 aliphatic rings. The minimum Gasteiger partial charge on any atom is -0.375 e. The zero-order chi connectivity index (χ0) is 14.3. The monoisotopic (exact) mass is 292 g/mol. The van der Waals surface area contributed by atoms with Gasteiger partial charge in [0.15, 0.2) is 10.9 Å². The number of nitrogens with two attached hydrogens (primary N) is 1. The van der Waals surface area contributed by atoms with Gasteiger partial charge in [-0.3, -0.25) is 4.79 Å². The first-order valence-corrected chi connectivity index (χ1v) is 7.35. The van der Waals surface area contributed by atoms with Crippen LogP contribution in [-0.4, -0.2) is 27.5 Å². The zero-order valence-electron chi connectivity index (χ0n) is 11.4. The van der Waals surface area contributed by atoms with Crippen LogP contribution in [0.25, 0.3) is 0 Å². The molecule has 3 rings (SSSR count). The van der Waals surface area contributed by atoms with Gasteiger partial charge >= 0.3 is 0 Å². The van der Waals surface area contributed by atoms with Crippen LogP contribution < -0.4 is 5.73 Å². The first kappa shape index (κ1) is 13.1. The number of anilines is 1. The van der Waals surface area contributed by atoms with Crippen molar-refractivity contribution in [2.24, 2.45) is 0 Å². The predicted molar refractivity (Wildman–Crippen MR) is 75.5 cm³/mol. The number of aryl methyl sites for hydroxylation is 2. The second-order valence-electron chi connectivity index (χ2n) is 4.99. The van der Waals surface area contributed by atoms with E-state index in [-0.39, 0.29) is 11.9 Å². The summed E-state index contributed by atoms with van der Waals surface area (Å²) in [6.45, 7) is 4.41. The Labute approximate surface area is 120 Å². The van der Waals surface area contributed by atoms with Gasteiger partial charge in [0.05, 0.1) is 17.4 Å². The van der Waals surface area contributed by atoms with Crippen molar-refractivity contribution in [3.8, 4) is 0 Å². The number of thiazole rings is 1. The van der Waals surface area contributed by atoms with E-state index in [1.807, 2.05) is 24.8 Å². The average molecular weight is 292 g/mol. The third kappa shape index (κ3) is 2.18. The second kappa shape index (κ2) is 4.90. The maximum absolute atomic E-state index is 12.7. The van der Waals surface area contributed by atoms with E-state index < -0.39 is 0 Å². The maximum Gasteiger partial charge on any atom is 0.266 e. The van der Waals surface area contributed by atoms with Crippen LogP contribution in [0.3, 0.4) is 0 Å². The number of nitrogen functional groups attached to an aromatic ring is 1. The Bertz CT molecular complexity index is 649. The highest BCUT2D eigenvalue weighted by Gasteiger charge is 2.34. The third-order valence-electron chi connectivity index (χ3n) is 3.50. The van der Waals surface area contributed by atoms with Gasteiger partial charge in [0.1, 0.15) is 4.88 Å². The standard InChI is InChI=1S/C13H16N4O2S/c1-7-6-10(19-16-7)9-4-3-5-17(9)12(18)11-8(2)15-13(14)20-11/h6,9H,3-5H2,1-2H3,(H2,14,15). The first-order chi connectivity index (χ1) is 9.56. The number of hydrogen-bond donors (Lipinski definition) is 1. The Kier molecular flexibility index (Phi) is 3.21. The van der Waals surface area contributed by atoms with Gasteiger partial charge in [-0.2, -0.15) is 0 Å². The number of hydrogen-bond acceptors (Lipinski definition) is 6. The quantitative estimate of drug-likeness (QED) is 0.918. The summed E-state index contributed by atoms with van der Waals surface area (Å²) < 4.78 is 5.32. The summed E-state index contributed by atoms with van der Waals surface area (Å²) in [5, 5.41) is 4.33. The summed E-state index contributed by atoms with van der Waals surface area (Å²) in [5.74, 6) is 0.733. The second-order valence-corrected chi connectivity index (χ2v) is 6.02. The van der Waals surface area contributed by atoms with E-state index in [9.17, 15) is 4.79 Å². The number of likely N-dealkylation sites (tertiary alicyclic amines) is 1. The van der Waals surface area contributed by atoms with Gasteiger partial charge in [-0.15, -0.1) is 0 Å². The highest BCUT2D eigenvalue weighted by Crippen LogP contribution is 2.35. The molecule has 2 aromatic rings. The lowest BCUT2D eigenvalue weighted by molar-refractivity contribution is 0.0718. The fraction of sp³-hybridized carbons (Fsp3) is 0.462. The highest BCUT2D eigenvalue weighted by atomic mass is 32.1. The molecule has 7 heteroatoms. The number of aromatic nitrogens is 2. The van der Waals surface area contributed by atoms with Gasteiger partial charge in [-0.25, -0.2) is 4.98 Å².